The molecule has 0 aliphatic heterocycles. The summed E-state index contributed by atoms with van der Waals surface area (Å²) in [6.07, 6.45) is 0. The molecule has 1 N–H and O–H groups in total. The van der Waals surface area contributed by atoms with Crippen molar-refractivity contribution in [1.82, 2.24) is 14.8 Å². The first-order chi connectivity index (χ1) is 9.52. The molecule has 0 bridgehead atoms. The monoisotopic (exact) mass is 355 g/mol. The molecule has 5 nitrogen and oxygen atoms in total. The molecule has 0 aliphatic carbocycles. The molecule has 1 aromatic carbocycles. The van der Waals surface area contributed by atoms with E-state index in [-0.39, 0.29) is 5.75 Å². The second-order valence-electron chi connectivity index (χ2n) is 4.20. The van der Waals surface area contributed by atoms with Gasteiger partial charge in [0.05, 0.1) is 5.75 Å². The van der Waals surface area contributed by atoms with Crippen molar-refractivity contribution in [2.75, 3.05) is 5.75 Å². The molecule has 0 saturated carbocycles. The zero-order chi connectivity index (χ0) is 14.7. The average Bonchev–Trinajstić information content (AvgIpc) is 2.82. The Balaban J connectivity index is 2.36. The van der Waals surface area contributed by atoms with Crippen molar-refractivity contribution in [3.8, 4) is 11.4 Å². The van der Waals surface area contributed by atoms with Gasteiger partial charge in [0.25, 0.3) is 0 Å². The molecule has 0 amide bonds. The molecule has 7 heteroatoms. The number of aliphatic carboxylic acids is 1. The summed E-state index contributed by atoms with van der Waals surface area (Å²) in [6, 6.07) is 6.00. The Kier molecular flexibility index (Phi) is 4.82. The fraction of sp³-hybridized carbons (Fsp3) is 0.308. The van der Waals surface area contributed by atoms with Crippen LogP contribution in [0.1, 0.15) is 12.5 Å². The van der Waals surface area contributed by atoms with Gasteiger partial charge < -0.3 is 9.67 Å². The van der Waals surface area contributed by atoms with Gasteiger partial charge in [0.2, 0.25) is 0 Å². The Morgan fingerprint density at radius 3 is 2.80 bits per heavy atom. The third kappa shape index (κ3) is 3.21. The second kappa shape index (κ2) is 6.41. The highest BCUT2D eigenvalue weighted by atomic mass is 79.9. The highest BCUT2D eigenvalue weighted by molar-refractivity contribution is 9.10. The summed E-state index contributed by atoms with van der Waals surface area (Å²) in [5.41, 5.74) is 2.11. The Labute approximate surface area is 129 Å². The van der Waals surface area contributed by atoms with E-state index in [9.17, 15) is 4.79 Å². The SMILES string of the molecule is CCn1c(SCC(=O)O)nnc1-c1ccc(C)c(Br)c1. The number of rotatable bonds is 5. The second-order valence-corrected chi connectivity index (χ2v) is 5.99. The zero-order valence-electron chi connectivity index (χ0n) is 11.1. The molecule has 0 spiro atoms. The Morgan fingerprint density at radius 2 is 2.20 bits per heavy atom. The van der Waals surface area contributed by atoms with Gasteiger partial charge in [-0.05, 0) is 25.5 Å². The fourth-order valence-corrected chi connectivity index (χ4v) is 2.85. The van der Waals surface area contributed by atoms with E-state index in [1.54, 1.807) is 0 Å². The van der Waals surface area contributed by atoms with E-state index < -0.39 is 5.97 Å². The molecule has 0 aliphatic rings. The van der Waals surface area contributed by atoms with Crippen molar-refractivity contribution >= 4 is 33.7 Å². The highest BCUT2D eigenvalue weighted by Gasteiger charge is 2.14. The Morgan fingerprint density at radius 1 is 1.45 bits per heavy atom. The van der Waals surface area contributed by atoms with E-state index in [0.717, 1.165) is 21.4 Å². The summed E-state index contributed by atoms with van der Waals surface area (Å²) in [5, 5.41) is 17.6. The molecule has 106 valence electrons. The molecule has 0 radical (unpaired) electrons. The van der Waals surface area contributed by atoms with Gasteiger partial charge in [0.1, 0.15) is 0 Å². The predicted octanol–water partition coefficient (Wildman–Crippen LogP) is 3.21. The van der Waals surface area contributed by atoms with Gasteiger partial charge in [-0.15, -0.1) is 10.2 Å². The van der Waals surface area contributed by atoms with Gasteiger partial charge in [-0.1, -0.05) is 39.8 Å². The van der Waals surface area contributed by atoms with Crippen molar-refractivity contribution in [2.24, 2.45) is 0 Å². The number of carboxylic acids is 1. The van der Waals surface area contributed by atoms with Gasteiger partial charge in [-0.3, -0.25) is 4.79 Å². The smallest absolute Gasteiger partial charge is 0.313 e. The average molecular weight is 356 g/mol. The first-order valence-electron chi connectivity index (χ1n) is 6.07. The number of nitrogens with zero attached hydrogens (tertiary/aromatic N) is 3. The third-order valence-electron chi connectivity index (χ3n) is 2.79. The molecule has 0 atom stereocenters. The molecule has 0 fully saturated rings. The van der Waals surface area contributed by atoms with Gasteiger partial charge in [0, 0.05) is 16.6 Å². The van der Waals surface area contributed by atoms with Gasteiger partial charge in [-0.2, -0.15) is 0 Å². The molecular formula is C13H14BrN3O2S. The molecule has 1 aromatic heterocycles. The highest BCUT2D eigenvalue weighted by Crippen LogP contribution is 2.27. The molecule has 20 heavy (non-hydrogen) atoms. The molecule has 0 saturated heterocycles. The maximum absolute atomic E-state index is 10.6. The van der Waals surface area contributed by atoms with Crippen LogP contribution in [0.15, 0.2) is 27.8 Å². The van der Waals surface area contributed by atoms with Crippen LogP contribution in [-0.4, -0.2) is 31.6 Å². The van der Waals surface area contributed by atoms with Crippen LogP contribution in [-0.2, 0) is 11.3 Å². The normalized spacial score (nSPS) is 10.8. The maximum Gasteiger partial charge on any atom is 0.313 e. The van der Waals surface area contributed by atoms with E-state index in [0.29, 0.717) is 11.7 Å². The van der Waals surface area contributed by atoms with Crippen LogP contribution in [0.4, 0.5) is 0 Å². The van der Waals surface area contributed by atoms with Crippen molar-refractivity contribution in [3.63, 3.8) is 0 Å². The molecular weight excluding hydrogens is 342 g/mol. The minimum Gasteiger partial charge on any atom is -0.481 e. The first kappa shape index (κ1) is 15.1. The fourth-order valence-electron chi connectivity index (χ4n) is 1.75. The van der Waals surface area contributed by atoms with Crippen LogP contribution >= 0.6 is 27.7 Å². The molecule has 1 heterocycles. The van der Waals surface area contributed by atoms with Gasteiger partial charge >= 0.3 is 5.97 Å². The van der Waals surface area contributed by atoms with E-state index in [4.69, 9.17) is 5.11 Å². The summed E-state index contributed by atoms with van der Waals surface area (Å²) in [7, 11) is 0. The zero-order valence-corrected chi connectivity index (χ0v) is 13.5. The number of aromatic nitrogens is 3. The molecule has 0 unspecified atom stereocenters. The number of carboxylic acid groups (broad SMARTS) is 1. The van der Waals surface area contributed by atoms with Gasteiger partial charge in [0.15, 0.2) is 11.0 Å². The van der Waals surface area contributed by atoms with Crippen LogP contribution in [0.2, 0.25) is 0 Å². The summed E-state index contributed by atoms with van der Waals surface area (Å²) < 4.78 is 2.94. The minimum absolute atomic E-state index is 0.0181. The van der Waals surface area contributed by atoms with E-state index in [1.807, 2.05) is 36.6 Å². The third-order valence-corrected chi connectivity index (χ3v) is 4.59. The number of hydrogen-bond donors (Lipinski definition) is 1. The van der Waals surface area contributed by atoms with E-state index >= 15 is 0 Å². The summed E-state index contributed by atoms with van der Waals surface area (Å²) in [5.74, 6) is -0.128. The summed E-state index contributed by atoms with van der Waals surface area (Å²) in [4.78, 5) is 10.6. The van der Waals surface area contributed by atoms with Crippen LogP contribution in [0.3, 0.4) is 0 Å². The standard InChI is InChI=1S/C13H14BrN3O2S/c1-3-17-12(9-5-4-8(2)10(14)6-9)15-16-13(17)20-7-11(18)19/h4-6H,3,7H2,1-2H3,(H,18,19). The van der Waals surface area contributed by atoms with Crippen molar-refractivity contribution in [3.05, 3.63) is 28.2 Å². The number of thioether (sulfide) groups is 1. The number of hydrogen-bond acceptors (Lipinski definition) is 4. The van der Waals surface area contributed by atoms with E-state index in [1.165, 1.54) is 11.8 Å². The quantitative estimate of drug-likeness (QED) is 0.834. The lowest BCUT2D eigenvalue weighted by atomic mass is 10.1. The van der Waals surface area contributed by atoms with Crippen LogP contribution in [0.25, 0.3) is 11.4 Å². The molecule has 2 rings (SSSR count). The van der Waals surface area contributed by atoms with Crippen LogP contribution < -0.4 is 0 Å². The van der Waals surface area contributed by atoms with Gasteiger partial charge in [-0.25, -0.2) is 0 Å². The maximum atomic E-state index is 10.6. The number of benzene rings is 1. The number of carbonyl (C=O) groups is 1. The largest absolute Gasteiger partial charge is 0.481 e. The van der Waals surface area contributed by atoms with Crippen molar-refractivity contribution in [2.45, 2.75) is 25.5 Å². The minimum atomic E-state index is -0.861. The van der Waals surface area contributed by atoms with Crippen LogP contribution in [0, 0.1) is 6.92 Å². The van der Waals surface area contributed by atoms with Crippen LogP contribution in [0.5, 0.6) is 0 Å². The lowest BCUT2D eigenvalue weighted by molar-refractivity contribution is -0.133. The van der Waals surface area contributed by atoms with E-state index in [2.05, 4.69) is 26.1 Å². The van der Waals surface area contributed by atoms with Crippen molar-refractivity contribution < 1.29 is 9.90 Å². The molecule has 2 aromatic rings. The lowest BCUT2D eigenvalue weighted by Gasteiger charge is -2.07. The van der Waals surface area contributed by atoms with Crippen molar-refractivity contribution in [1.29, 1.82) is 0 Å². The Hall–Kier alpha value is -1.34. The predicted molar refractivity (Wildman–Crippen MR) is 81.9 cm³/mol. The topological polar surface area (TPSA) is 68.0 Å². The first-order valence-corrected chi connectivity index (χ1v) is 7.85. The summed E-state index contributed by atoms with van der Waals surface area (Å²) in [6.45, 7) is 4.70. The summed E-state index contributed by atoms with van der Waals surface area (Å²) >= 11 is 4.69. The number of aryl methyl sites for hydroxylation is 1. The Bertz CT molecular complexity index is 643. The number of halogens is 1. The lowest BCUT2D eigenvalue weighted by Crippen LogP contribution is -2.03.